The molecular formula is C20H17F2N7O2. The Morgan fingerprint density at radius 1 is 1.39 bits per heavy atom. The van der Waals surface area contributed by atoms with E-state index in [1.807, 2.05) is 0 Å². The number of carbonyl (C=O) groups excluding carboxylic acids is 1. The van der Waals surface area contributed by atoms with Gasteiger partial charge in [0.05, 0.1) is 29.7 Å². The Morgan fingerprint density at radius 2 is 2.16 bits per heavy atom. The van der Waals surface area contributed by atoms with Gasteiger partial charge in [0.25, 0.3) is 11.8 Å². The number of rotatable bonds is 1. The van der Waals surface area contributed by atoms with Crippen LogP contribution in [0.4, 0.5) is 14.6 Å². The maximum atomic E-state index is 14.0. The predicted octanol–water partition coefficient (Wildman–Crippen LogP) is 2.15. The van der Waals surface area contributed by atoms with Crippen molar-refractivity contribution in [3.63, 3.8) is 0 Å². The van der Waals surface area contributed by atoms with Crippen LogP contribution in [0.15, 0.2) is 24.4 Å². The van der Waals surface area contributed by atoms with Crippen LogP contribution in [0.1, 0.15) is 33.4 Å². The summed E-state index contributed by atoms with van der Waals surface area (Å²) < 4.78 is 35.0. The minimum atomic E-state index is -1.35. The highest BCUT2D eigenvalue weighted by Crippen LogP contribution is 2.33. The molecule has 0 aliphatic carbocycles. The highest BCUT2D eigenvalue weighted by molar-refractivity contribution is 5.95. The number of nitrogens with zero attached hydrogens (tertiary/aromatic N) is 6. The second kappa shape index (κ2) is 7.64. The Hall–Kier alpha value is -4.07. The molecule has 2 N–H and O–H groups in total. The maximum Gasteiger partial charge on any atom is 0.258 e. The Labute approximate surface area is 175 Å². The predicted molar refractivity (Wildman–Crippen MR) is 105 cm³/mol. The van der Waals surface area contributed by atoms with Crippen molar-refractivity contribution >= 4 is 11.7 Å². The molecule has 2 bridgehead atoms. The van der Waals surface area contributed by atoms with Crippen molar-refractivity contribution in [2.45, 2.75) is 12.6 Å². The second-order valence-electron chi connectivity index (χ2n) is 7.00. The number of nitriles is 1. The first kappa shape index (κ1) is 20.2. The summed E-state index contributed by atoms with van der Waals surface area (Å²) in [4.78, 5) is 22.9. The highest BCUT2D eigenvalue weighted by atomic mass is 19.1. The third-order valence-corrected chi connectivity index (χ3v) is 4.97. The number of hydrogen-bond acceptors (Lipinski definition) is 7. The van der Waals surface area contributed by atoms with Crippen molar-refractivity contribution < 1.29 is 18.3 Å². The number of aryl methyl sites for hydroxylation is 1. The van der Waals surface area contributed by atoms with E-state index in [4.69, 9.17) is 10.5 Å². The summed E-state index contributed by atoms with van der Waals surface area (Å²) in [5.41, 5.74) is 7.13. The van der Waals surface area contributed by atoms with Gasteiger partial charge >= 0.3 is 0 Å². The van der Waals surface area contributed by atoms with E-state index in [0.717, 1.165) is 12.1 Å². The van der Waals surface area contributed by atoms with E-state index in [1.54, 1.807) is 7.05 Å². The normalized spacial score (nSPS) is 15.8. The largest absolute Gasteiger partial charge is 0.464 e. The molecule has 9 nitrogen and oxygen atoms in total. The standard InChI is InChI=1S/C20H17F2N7O2/c1-28-9-14-17(15(7-23)29(2)27-14)13-8-25-18(24)19(26-13)31-16(6-21)12-5-10(22)3-4-11(12)20(28)30/h3-5,8,16H,6,9H2,1-2H3,(H2,24,25). The summed E-state index contributed by atoms with van der Waals surface area (Å²) in [6.45, 7) is -1.05. The Balaban J connectivity index is 1.99. The van der Waals surface area contributed by atoms with Gasteiger partial charge in [-0.1, -0.05) is 0 Å². The molecule has 1 unspecified atom stereocenters. The van der Waals surface area contributed by atoms with E-state index in [2.05, 4.69) is 21.1 Å². The van der Waals surface area contributed by atoms with Gasteiger partial charge < -0.3 is 15.4 Å². The number of carbonyl (C=O) groups is 1. The molecule has 1 amide bonds. The van der Waals surface area contributed by atoms with Crippen LogP contribution in [0.25, 0.3) is 11.3 Å². The minimum absolute atomic E-state index is 0.0169. The third kappa shape index (κ3) is 3.42. The van der Waals surface area contributed by atoms with E-state index < -0.39 is 24.5 Å². The van der Waals surface area contributed by atoms with Crippen LogP contribution >= 0.6 is 0 Å². The van der Waals surface area contributed by atoms with Crippen molar-refractivity contribution in [2.24, 2.45) is 7.05 Å². The number of nitrogen functional groups attached to an aromatic ring is 1. The SMILES string of the molecule is CN1Cc2nn(C)c(C#N)c2-c2cnc(N)c(n2)OC(CF)c2cc(F)ccc2C1=O. The van der Waals surface area contributed by atoms with Crippen LogP contribution in [0, 0.1) is 17.1 Å². The fourth-order valence-corrected chi connectivity index (χ4v) is 3.49. The minimum Gasteiger partial charge on any atom is -0.464 e. The van der Waals surface area contributed by atoms with E-state index in [9.17, 15) is 18.8 Å². The van der Waals surface area contributed by atoms with Gasteiger partial charge in [-0.3, -0.25) is 9.48 Å². The summed E-state index contributed by atoms with van der Waals surface area (Å²) in [7, 11) is 3.11. The molecule has 1 aliphatic heterocycles. The third-order valence-electron chi connectivity index (χ3n) is 4.97. The summed E-state index contributed by atoms with van der Waals surface area (Å²) in [6.07, 6.45) is -0.00649. The van der Waals surface area contributed by atoms with Gasteiger partial charge in [0, 0.05) is 25.2 Å². The lowest BCUT2D eigenvalue weighted by molar-refractivity contribution is 0.0775. The first-order valence-corrected chi connectivity index (χ1v) is 9.20. The molecule has 0 radical (unpaired) electrons. The van der Waals surface area contributed by atoms with Gasteiger partial charge in [0.15, 0.2) is 11.9 Å². The average Bonchev–Trinajstić information content (AvgIpc) is 3.06. The van der Waals surface area contributed by atoms with Crippen LogP contribution in [0.2, 0.25) is 0 Å². The van der Waals surface area contributed by atoms with Gasteiger partial charge in [-0.15, -0.1) is 0 Å². The van der Waals surface area contributed by atoms with Crippen LogP contribution in [-0.2, 0) is 13.6 Å². The number of alkyl halides is 1. The smallest absolute Gasteiger partial charge is 0.258 e. The number of benzene rings is 1. The molecule has 31 heavy (non-hydrogen) atoms. The fourth-order valence-electron chi connectivity index (χ4n) is 3.49. The van der Waals surface area contributed by atoms with Crippen LogP contribution in [-0.4, -0.2) is 44.3 Å². The first-order chi connectivity index (χ1) is 14.8. The molecule has 0 fully saturated rings. The molecule has 4 rings (SSSR count). The van der Waals surface area contributed by atoms with Crippen LogP contribution in [0.3, 0.4) is 0 Å². The monoisotopic (exact) mass is 425 g/mol. The van der Waals surface area contributed by atoms with E-state index in [1.165, 1.54) is 28.9 Å². The molecule has 1 atom stereocenters. The molecule has 0 spiro atoms. The molecule has 0 saturated heterocycles. The lowest BCUT2D eigenvalue weighted by atomic mass is 10.0. The maximum absolute atomic E-state index is 14.0. The number of anilines is 1. The van der Waals surface area contributed by atoms with E-state index >= 15 is 0 Å². The number of nitrogens with two attached hydrogens (primary N) is 1. The Bertz CT molecular complexity index is 1230. The molecule has 1 aromatic carbocycles. The number of ether oxygens (including phenoxy) is 1. The lowest BCUT2D eigenvalue weighted by Crippen LogP contribution is -2.29. The fraction of sp³-hybridized carbons (Fsp3) is 0.250. The van der Waals surface area contributed by atoms with E-state index in [-0.39, 0.29) is 40.8 Å². The average molecular weight is 425 g/mol. The molecule has 3 heterocycles. The number of fused-ring (bicyclic) bond motifs is 5. The van der Waals surface area contributed by atoms with Gasteiger partial charge in [-0.25, -0.2) is 18.7 Å². The van der Waals surface area contributed by atoms with Gasteiger partial charge in [0.1, 0.15) is 24.3 Å². The quantitative estimate of drug-likeness (QED) is 0.634. The number of aromatic nitrogens is 4. The molecule has 158 valence electrons. The zero-order chi connectivity index (χ0) is 22.3. The number of amides is 1. The molecule has 0 saturated carbocycles. The zero-order valence-electron chi connectivity index (χ0n) is 16.6. The molecule has 3 aromatic rings. The Morgan fingerprint density at radius 3 is 2.87 bits per heavy atom. The van der Waals surface area contributed by atoms with Crippen molar-refractivity contribution in [1.82, 2.24) is 24.6 Å². The molecular weight excluding hydrogens is 408 g/mol. The van der Waals surface area contributed by atoms with Crippen LogP contribution in [0.5, 0.6) is 5.88 Å². The van der Waals surface area contributed by atoms with Gasteiger partial charge in [-0.05, 0) is 18.2 Å². The number of halogens is 2. The van der Waals surface area contributed by atoms with Gasteiger partial charge in [0.2, 0.25) is 0 Å². The summed E-state index contributed by atoms with van der Waals surface area (Å²) in [6, 6.07) is 5.49. The molecule has 2 aromatic heterocycles. The molecule has 11 heteroatoms. The van der Waals surface area contributed by atoms with Crippen molar-refractivity contribution in [2.75, 3.05) is 19.5 Å². The first-order valence-electron chi connectivity index (χ1n) is 9.20. The summed E-state index contributed by atoms with van der Waals surface area (Å²) >= 11 is 0. The van der Waals surface area contributed by atoms with Crippen LogP contribution < -0.4 is 10.5 Å². The zero-order valence-corrected chi connectivity index (χ0v) is 16.6. The topological polar surface area (TPSA) is 123 Å². The lowest BCUT2D eigenvalue weighted by Gasteiger charge is -2.23. The van der Waals surface area contributed by atoms with E-state index in [0.29, 0.717) is 11.3 Å². The van der Waals surface area contributed by atoms with Crippen molar-refractivity contribution in [3.05, 3.63) is 52.7 Å². The Kier molecular flexibility index (Phi) is 4.98. The molecule has 1 aliphatic rings. The number of hydrogen-bond donors (Lipinski definition) is 1. The highest BCUT2D eigenvalue weighted by Gasteiger charge is 2.29. The van der Waals surface area contributed by atoms with Crippen molar-refractivity contribution in [3.8, 4) is 23.2 Å². The van der Waals surface area contributed by atoms with Gasteiger partial charge in [-0.2, -0.15) is 10.4 Å². The second-order valence-corrected chi connectivity index (χ2v) is 7.00. The van der Waals surface area contributed by atoms with Crippen molar-refractivity contribution in [1.29, 1.82) is 5.26 Å². The summed E-state index contributed by atoms with van der Waals surface area (Å²) in [5.74, 6) is -1.46. The summed E-state index contributed by atoms with van der Waals surface area (Å²) in [5, 5.41) is 14.0.